The summed E-state index contributed by atoms with van der Waals surface area (Å²) in [6.45, 7) is 5.81. The number of benzene rings is 1. The maximum atomic E-state index is 11.8. The monoisotopic (exact) mass is 435 g/mol. The van der Waals surface area contributed by atoms with Gasteiger partial charge < -0.3 is 15.4 Å². The van der Waals surface area contributed by atoms with Gasteiger partial charge in [-0.25, -0.2) is 9.97 Å². The van der Waals surface area contributed by atoms with Gasteiger partial charge in [0.2, 0.25) is 11.9 Å². The summed E-state index contributed by atoms with van der Waals surface area (Å²) in [5.74, 6) is 1.09. The highest BCUT2D eigenvalue weighted by Gasteiger charge is 2.10. The van der Waals surface area contributed by atoms with Crippen LogP contribution in [0, 0.1) is 6.92 Å². The van der Waals surface area contributed by atoms with Crippen molar-refractivity contribution in [3.8, 4) is 0 Å². The lowest BCUT2D eigenvalue weighted by Crippen LogP contribution is -2.18. The molecule has 158 valence electrons. The molecule has 31 heavy (non-hydrogen) atoms. The minimum absolute atomic E-state index is 0.0118. The standard InChI is InChI=1S/C21H21N7O2S/c1-3-10-30-13-19(29)23-15-4-6-16(7-5-15)31-20-12-18-22-8-9-28(18)21(25-20)24-17-11-14(2)26-27-17/h3-9,11-12H,1,10,13H2,2H3,(H,23,29)(H2,24,25,26,27). The Morgan fingerprint density at radius 1 is 1.32 bits per heavy atom. The minimum Gasteiger partial charge on any atom is -0.368 e. The number of hydrogen-bond donors (Lipinski definition) is 3. The third-order valence-electron chi connectivity index (χ3n) is 4.14. The average Bonchev–Trinajstić information content (AvgIpc) is 3.38. The first-order valence-electron chi connectivity index (χ1n) is 9.50. The quantitative estimate of drug-likeness (QED) is 0.208. The van der Waals surface area contributed by atoms with Gasteiger partial charge in [0.15, 0.2) is 5.82 Å². The highest BCUT2D eigenvalue weighted by Crippen LogP contribution is 2.29. The molecule has 0 radical (unpaired) electrons. The fraction of sp³-hybridized carbons (Fsp3) is 0.143. The summed E-state index contributed by atoms with van der Waals surface area (Å²) in [6, 6.07) is 11.3. The molecule has 3 N–H and O–H groups in total. The van der Waals surface area contributed by atoms with Crippen molar-refractivity contribution in [2.24, 2.45) is 0 Å². The number of amides is 1. The molecule has 0 aliphatic rings. The molecule has 0 saturated carbocycles. The number of nitrogens with zero attached hydrogens (tertiary/aromatic N) is 4. The Morgan fingerprint density at radius 2 is 2.16 bits per heavy atom. The third-order valence-corrected chi connectivity index (χ3v) is 5.07. The number of aryl methyl sites for hydroxylation is 1. The van der Waals surface area contributed by atoms with Crippen LogP contribution in [0.25, 0.3) is 5.65 Å². The van der Waals surface area contributed by atoms with Crippen LogP contribution in [-0.4, -0.2) is 43.7 Å². The molecular weight excluding hydrogens is 414 g/mol. The van der Waals surface area contributed by atoms with Gasteiger partial charge in [-0.05, 0) is 31.2 Å². The van der Waals surface area contributed by atoms with E-state index in [4.69, 9.17) is 9.72 Å². The SMILES string of the molecule is C=CCOCC(=O)Nc1ccc(Sc2cc3nccn3c(Nc3cc(C)[nH]n3)n2)cc1. The summed E-state index contributed by atoms with van der Waals surface area (Å²) in [4.78, 5) is 21.9. The molecule has 0 unspecified atom stereocenters. The van der Waals surface area contributed by atoms with E-state index in [0.29, 0.717) is 24.1 Å². The van der Waals surface area contributed by atoms with E-state index in [-0.39, 0.29) is 12.5 Å². The number of fused-ring (bicyclic) bond motifs is 1. The van der Waals surface area contributed by atoms with Gasteiger partial charge in [-0.1, -0.05) is 17.8 Å². The van der Waals surface area contributed by atoms with Gasteiger partial charge >= 0.3 is 0 Å². The van der Waals surface area contributed by atoms with E-state index in [1.54, 1.807) is 12.3 Å². The number of anilines is 3. The van der Waals surface area contributed by atoms with Gasteiger partial charge in [-0.3, -0.25) is 14.3 Å². The van der Waals surface area contributed by atoms with E-state index < -0.39 is 0 Å². The van der Waals surface area contributed by atoms with E-state index in [0.717, 1.165) is 21.3 Å². The Morgan fingerprint density at radius 3 is 2.90 bits per heavy atom. The first-order valence-corrected chi connectivity index (χ1v) is 10.3. The Balaban J connectivity index is 1.47. The predicted molar refractivity (Wildman–Crippen MR) is 120 cm³/mol. The smallest absolute Gasteiger partial charge is 0.250 e. The van der Waals surface area contributed by atoms with Gasteiger partial charge in [-0.2, -0.15) is 5.10 Å². The van der Waals surface area contributed by atoms with Crippen molar-refractivity contribution in [2.45, 2.75) is 16.8 Å². The van der Waals surface area contributed by atoms with Crippen LogP contribution < -0.4 is 10.6 Å². The van der Waals surface area contributed by atoms with E-state index in [2.05, 4.69) is 32.4 Å². The van der Waals surface area contributed by atoms with E-state index in [9.17, 15) is 4.79 Å². The Kier molecular flexibility index (Phi) is 6.29. The van der Waals surface area contributed by atoms with Crippen LogP contribution >= 0.6 is 11.8 Å². The molecule has 1 aromatic carbocycles. The average molecular weight is 436 g/mol. The second kappa shape index (κ2) is 9.45. The molecule has 4 rings (SSSR count). The van der Waals surface area contributed by atoms with Crippen molar-refractivity contribution in [1.82, 2.24) is 24.6 Å². The highest BCUT2D eigenvalue weighted by molar-refractivity contribution is 7.99. The van der Waals surface area contributed by atoms with Gasteiger partial charge in [0, 0.05) is 40.8 Å². The maximum absolute atomic E-state index is 11.8. The van der Waals surface area contributed by atoms with Gasteiger partial charge in [0.25, 0.3) is 0 Å². The van der Waals surface area contributed by atoms with Crippen LogP contribution in [0.4, 0.5) is 17.5 Å². The lowest BCUT2D eigenvalue weighted by atomic mass is 10.3. The zero-order valence-corrected chi connectivity index (χ0v) is 17.6. The molecule has 0 bridgehead atoms. The maximum Gasteiger partial charge on any atom is 0.250 e. The van der Waals surface area contributed by atoms with Gasteiger partial charge in [0.1, 0.15) is 17.3 Å². The van der Waals surface area contributed by atoms with Crippen molar-refractivity contribution in [1.29, 1.82) is 0 Å². The van der Waals surface area contributed by atoms with E-state index in [1.165, 1.54) is 11.8 Å². The number of carbonyl (C=O) groups is 1. The normalized spacial score (nSPS) is 10.9. The van der Waals surface area contributed by atoms with Crippen LogP contribution in [0.1, 0.15) is 5.69 Å². The summed E-state index contributed by atoms with van der Waals surface area (Å²) in [5, 5.41) is 13.9. The molecule has 0 saturated heterocycles. The van der Waals surface area contributed by atoms with Crippen LogP contribution in [-0.2, 0) is 9.53 Å². The molecule has 3 aromatic heterocycles. The van der Waals surface area contributed by atoms with Gasteiger partial charge in [-0.15, -0.1) is 6.58 Å². The number of ether oxygens (including phenoxy) is 1. The van der Waals surface area contributed by atoms with Crippen LogP contribution in [0.5, 0.6) is 0 Å². The zero-order chi connectivity index (χ0) is 21.6. The molecule has 0 aliphatic heterocycles. The topological polar surface area (TPSA) is 109 Å². The molecule has 0 fully saturated rings. The number of aromatic amines is 1. The van der Waals surface area contributed by atoms with Crippen molar-refractivity contribution >= 4 is 40.8 Å². The summed E-state index contributed by atoms with van der Waals surface area (Å²) in [5.41, 5.74) is 2.43. The number of carbonyl (C=O) groups excluding carboxylic acids is 1. The van der Waals surface area contributed by atoms with E-state index >= 15 is 0 Å². The van der Waals surface area contributed by atoms with Crippen molar-refractivity contribution in [2.75, 3.05) is 23.8 Å². The third kappa shape index (κ3) is 5.30. The summed E-state index contributed by atoms with van der Waals surface area (Å²) in [6.07, 6.45) is 5.17. The first kappa shape index (κ1) is 20.6. The number of aromatic nitrogens is 5. The highest BCUT2D eigenvalue weighted by atomic mass is 32.2. The summed E-state index contributed by atoms with van der Waals surface area (Å²) >= 11 is 1.50. The van der Waals surface area contributed by atoms with Crippen molar-refractivity contribution in [3.63, 3.8) is 0 Å². The molecule has 3 heterocycles. The molecule has 4 aromatic rings. The van der Waals surface area contributed by atoms with Crippen molar-refractivity contribution in [3.05, 3.63) is 67.1 Å². The first-order chi connectivity index (χ1) is 15.1. The fourth-order valence-electron chi connectivity index (χ4n) is 2.80. The predicted octanol–water partition coefficient (Wildman–Crippen LogP) is 3.80. The number of H-pyrrole nitrogens is 1. The summed E-state index contributed by atoms with van der Waals surface area (Å²) < 4.78 is 7.00. The lowest BCUT2D eigenvalue weighted by Gasteiger charge is -2.09. The Hall–Kier alpha value is -3.63. The largest absolute Gasteiger partial charge is 0.368 e. The number of imidazole rings is 1. The summed E-state index contributed by atoms with van der Waals surface area (Å²) in [7, 11) is 0. The Labute approximate surface area is 182 Å². The van der Waals surface area contributed by atoms with E-state index in [1.807, 2.05) is 53.9 Å². The van der Waals surface area contributed by atoms with Crippen molar-refractivity contribution < 1.29 is 9.53 Å². The minimum atomic E-state index is -0.210. The molecular formula is C21H21N7O2S. The van der Waals surface area contributed by atoms with Crippen LogP contribution in [0.15, 0.2) is 71.4 Å². The second-order valence-corrected chi connectivity index (χ2v) is 7.71. The molecule has 0 atom stereocenters. The molecule has 9 nitrogen and oxygen atoms in total. The number of nitrogens with one attached hydrogen (secondary N) is 3. The fourth-order valence-corrected chi connectivity index (χ4v) is 3.61. The number of hydrogen-bond acceptors (Lipinski definition) is 7. The second-order valence-electron chi connectivity index (χ2n) is 6.61. The van der Waals surface area contributed by atoms with Crippen LogP contribution in [0.2, 0.25) is 0 Å². The molecule has 0 spiro atoms. The molecule has 1 amide bonds. The number of rotatable bonds is 9. The zero-order valence-electron chi connectivity index (χ0n) is 16.8. The lowest BCUT2D eigenvalue weighted by molar-refractivity contribution is -0.120. The molecule has 0 aliphatic carbocycles. The van der Waals surface area contributed by atoms with Gasteiger partial charge in [0.05, 0.1) is 6.61 Å². The van der Waals surface area contributed by atoms with Crippen LogP contribution in [0.3, 0.4) is 0 Å². The molecule has 10 heteroatoms. The Bertz CT molecular complexity index is 1200.